The molecule has 1 aromatic rings. The minimum Gasteiger partial charge on any atom is -0.358 e. The van der Waals surface area contributed by atoms with Crippen LogP contribution in [0, 0.1) is 0 Å². The molecular weight excluding hydrogens is 312 g/mol. The van der Waals surface area contributed by atoms with Crippen LogP contribution in [-0.2, 0) is 27.7 Å². The number of nitrogens with zero attached hydrogens (tertiary/aromatic N) is 1. The second kappa shape index (κ2) is 6.61. The highest BCUT2D eigenvalue weighted by Crippen LogP contribution is 2.29. The van der Waals surface area contributed by atoms with Crippen LogP contribution in [-0.4, -0.2) is 38.3 Å². The third kappa shape index (κ3) is 3.15. The average molecular weight is 336 g/mol. The summed E-state index contributed by atoms with van der Waals surface area (Å²) in [6.45, 7) is 0.414. The number of carbonyl (C=O) groups excluding carboxylic acids is 1. The fraction of sp³-hybridized carbons (Fsp3) is 0.588. The first-order valence-electron chi connectivity index (χ1n) is 8.39. The van der Waals surface area contributed by atoms with Gasteiger partial charge < -0.3 is 5.32 Å². The number of benzene rings is 1. The number of piperidine rings is 1. The summed E-state index contributed by atoms with van der Waals surface area (Å²) >= 11 is 0. The Hall–Kier alpha value is -1.40. The zero-order valence-electron chi connectivity index (χ0n) is 13.5. The molecule has 0 spiro atoms. The first-order chi connectivity index (χ1) is 11.0. The van der Waals surface area contributed by atoms with Crippen molar-refractivity contribution in [1.82, 2.24) is 9.62 Å². The van der Waals surface area contributed by atoms with Crippen molar-refractivity contribution in [3.05, 3.63) is 29.3 Å². The molecule has 126 valence electrons. The first kappa shape index (κ1) is 16.5. The van der Waals surface area contributed by atoms with Gasteiger partial charge in [-0.1, -0.05) is 12.5 Å². The molecule has 0 radical (unpaired) electrons. The third-order valence-corrected chi connectivity index (χ3v) is 6.83. The maximum Gasteiger partial charge on any atom is 0.243 e. The minimum absolute atomic E-state index is 0.216. The smallest absolute Gasteiger partial charge is 0.243 e. The van der Waals surface area contributed by atoms with E-state index in [1.165, 1.54) is 16.3 Å². The van der Waals surface area contributed by atoms with E-state index in [4.69, 9.17) is 0 Å². The summed E-state index contributed by atoms with van der Waals surface area (Å²) < 4.78 is 27.5. The van der Waals surface area contributed by atoms with Gasteiger partial charge >= 0.3 is 0 Å². The van der Waals surface area contributed by atoms with E-state index in [1.54, 1.807) is 13.1 Å². The van der Waals surface area contributed by atoms with E-state index in [9.17, 15) is 13.2 Å². The fourth-order valence-electron chi connectivity index (χ4n) is 3.63. The van der Waals surface area contributed by atoms with Gasteiger partial charge in [0.15, 0.2) is 0 Å². The number of rotatable bonds is 3. The lowest BCUT2D eigenvalue weighted by Gasteiger charge is -2.33. The van der Waals surface area contributed by atoms with Gasteiger partial charge in [0.2, 0.25) is 15.9 Å². The second-order valence-electron chi connectivity index (χ2n) is 6.38. The van der Waals surface area contributed by atoms with E-state index in [1.807, 2.05) is 12.1 Å². The molecule has 3 rings (SSSR count). The topological polar surface area (TPSA) is 66.5 Å². The Bertz CT molecular complexity index is 700. The quantitative estimate of drug-likeness (QED) is 0.916. The Balaban J connectivity index is 1.95. The Morgan fingerprint density at radius 3 is 2.61 bits per heavy atom. The van der Waals surface area contributed by atoms with Gasteiger partial charge in [-0.2, -0.15) is 4.31 Å². The van der Waals surface area contributed by atoms with Crippen LogP contribution in [0.15, 0.2) is 23.1 Å². The highest BCUT2D eigenvalue weighted by molar-refractivity contribution is 7.89. The lowest BCUT2D eigenvalue weighted by molar-refractivity contribution is -0.125. The zero-order chi connectivity index (χ0) is 16.4. The van der Waals surface area contributed by atoms with E-state index < -0.39 is 16.1 Å². The summed E-state index contributed by atoms with van der Waals surface area (Å²) in [6.07, 6.45) is 6.53. The lowest BCUT2D eigenvalue weighted by Crippen LogP contribution is -2.51. The number of hydrogen-bond acceptors (Lipinski definition) is 3. The molecule has 1 fully saturated rings. The standard InChI is InChI=1S/C17H24N2O3S/c1-18-17(20)16-8-4-5-11-19(16)23(21,22)15-10-9-13-6-2-3-7-14(13)12-15/h9-10,12,16H,2-8,11H2,1H3,(H,18,20)/t16-/m0/s1. The monoisotopic (exact) mass is 336 g/mol. The predicted molar refractivity (Wildman–Crippen MR) is 88.7 cm³/mol. The molecule has 1 N–H and O–H groups in total. The molecule has 1 aliphatic carbocycles. The van der Waals surface area contributed by atoms with Crippen LogP contribution in [0.2, 0.25) is 0 Å². The molecule has 2 aliphatic rings. The molecule has 6 heteroatoms. The van der Waals surface area contributed by atoms with Crippen LogP contribution < -0.4 is 5.32 Å². The SMILES string of the molecule is CNC(=O)[C@@H]1CCCCN1S(=O)(=O)c1ccc2c(c1)CCCC2. The van der Waals surface area contributed by atoms with Crippen molar-refractivity contribution in [2.75, 3.05) is 13.6 Å². The lowest BCUT2D eigenvalue weighted by atomic mass is 9.92. The van der Waals surface area contributed by atoms with Gasteiger partial charge in [0.25, 0.3) is 0 Å². The van der Waals surface area contributed by atoms with Crippen molar-refractivity contribution in [2.45, 2.75) is 55.9 Å². The van der Waals surface area contributed by atoms with Crippen LogP contribution in [0.25, 0.3) is 0 Å². The molecule has 1 saturated heterocycles. The summed E-state index contributed by atoms with van der Waals surface area (Å²) in [5.74, 6) is -0.216. The van der Waals surface area contributed by atoms with Gasteiger partial charge in [0.1, 0.15) is 6.04 Å². The molecule has 1 amide bonds. The number of carbonyl (C=O) groups is 1. The van der Waals surface area contributed by atoms with E-state index in [0.29, 0.717) is 17.9 Å². The molecule has 1 aliphatic heterocycles. The Morgan fingerprint density at radius 1 is 1.13 bits per heavy atom. The molecule has 1 atom stereocenters. The summed E-state index contributed by atoms with van der Waals surface area (Å²) in [6, 6.07) is 4.88. The van der Waals surface area contributed by atoms with Gasteiger partial charge in [0, 0.05) is 13.6 Å². The van der Waals surface area contributed by atoms with Crippen molar-refractivity contribution < 1.29 is 13.2 Å². The van der Waals surface area contributed by atoms with Crippen molar-refractivity contribution >= 4 is 15.9 Å². The highest BCUT2D eigenvalue weighted by atomic mass is 32.2. The summed E-state index contributed by atoms with van der Waals surface area (Å²) in [4.78, 5) is 12.4. The van der Waals surface area contributed by atoms with Crippen LogP contribution in [0.1, 0.15) is 43.2 Å². The van der Waals surface area contributed by atoms with Crippen molar-refractivity contribution in [3.63, 3.8) is 0 Å². The van der Waals surface area contributed by atoms with Crippen molar-refractivity contribution in [1.29, 1.82) is 0 Å². The van der Waals surface area contributed by atoms with E-state index in [2.05, 4.69) is 5.32 Å². The van der Waals surface area contributed by atoms with E-state index >= 15 is 0 Å². The molecule has 5 nitrogen and oxygen atoms in total. The Morgan fingerprint density at radius 2 is 1.87 bits per heavy atom. The largest absolute Gasteiger partial charge is 0.358 e. The Labute approximate surface area is 138 Å². The first-order valence-corrected chi connectivity index (χ1v) is 9.83. The number of sulfonamides is 1. The minimum atomic E-state index is -3.63. The van der Waals surface area contributed by atoms with Gasteiger partial charge in [-0.05, 0) is 61.8 Å². The average Bonchev–Trinajstić information content (AvgIpc) is 2.60. The molecule has 0 bridgehead atoms. The number of hydrogen-bond donors (Lipinski definition) is 1. The van der Waals surface area contributed by atoms with Gasteiger partial charge in [0.05, 0.1) is 4.90 Å². The number of nitrogens with one attached hydrogen (secondary N) is 1. The molecular formula is C17H24N2O3S. The van der Waals surface area contributed by atoms with Crippen LogP contribution in [0.5, 0.6) is 0 Å². The Kier molecular flexibility index (Phi) is 4.73. The predicted octanol–water partition coefficient (Wildman–Crippen LogP) is 1.85. The van der Waals surface area contributed by atoms with Crippen molar-refractivity contribution in [2.24, 2.45) is 0 Å². The van der Waals surface area contributed by atoms with Crippen LogP contribution in [0.3, 0.4) is 0 Å². The van der Waals surface area contributed by atoms with Gasteiger partial charge in [-0.25, -0.2) is 8.42 Å². The van der Waals surface area contributed by atoms with Gasteiger partial charge in [-0.3, -0.25) is 4.79 Å². The molecule has 1 aromatic carbocycles. The maximum atomic E-state index is 13.0. The summed E-state index contributed by atoms with van der Waals surface area (Å²) in [5, 5.41) is 2.59. The fourth-order valence-corrected chi connectivity index (χ4v) is 5.33. The summed E-state index contributed by atoms with van der Waals surface area (Å²) in [5.41, 5.74) is 2.41. The van der Waals surface area contributed by atoms with Crippen LogP contribution >= 0.6 is 0 Å². The van der Waals surface area contributed by atoms with E-state index in [-0.39, 0.29) is 5.91 Å². The number of fused-ring (bicyclic) bond motifs is 1. The van der Waals surface area contributed by atoms with Crippen LogP contribution in [0.4, 0.5) is 0 Å². The molecule has 0 unspecified atom stereocenters. The van der Waals surface area contributed by atoms with Gasteiger partial charge in [-0.15, -0.1) is 0 Å². The zero-order valence-corrected chi connectivity index (χ0v) is 14.4. The molecule has 0 saturated carbocycles. The number of amides is 1. The van der Waals surface area contributed by atoms with E-state index in [0.717, 1.165) is 37.7 Å². The van der Waals surface area contributed by atoms with Crippen molar-refractivity contribution in [3.8, 4) is 0 Å². The summed E-state index contributed by atoms with van der Waals surface area (Å²) in [7, 11) is -2.07. The molecule has 0 aromatic heterocycles. The highest BCUT2D eigenvalue weighted by Gasteiger charge is 2.37. The second-order valence-corrected chi connectivity index (χ2v) is 8.27. The third-order valence-electron chi connectivity index (χ3n) is 4.93. The molecule has 1 heterocycles. The normalized spacial score (nSPS) is 22.4. The number of aryl methyl sites for hydroxylation is 2. The maximum absolute atomic E-state index is 13.0. The molecule has 23 heavy (non-hydrogen) atoms. The number of likely N-dealkylation sites (N-methyl/N-ethyl adjacent to an activating group) is 1.